The Morgan fingerprint density at radius 1 is 0.310 bits per heavy atom. The van der Waals surface area contributed by atoms with E-state index in [9.17, 15) is 0 Å². The van der Waals surface area contributed by atoms with Gasteiger partial charge in [0, 0.05) is 44.0 Å². The fourth-order valence-corrected chi connectivity index (χ4v) is 14.9. The first-order valence-electron chi connectivity index (χ1n) is 31.8. The Bertz CT molecular complexity index is 4100. The molecule has 0 unspecified atom stereocenters. The van der Waals surface area contributed by atoms with E-state index in [1.807, 2.05) is 0 Å². The molecule has 0 saturated heterocycles. The number of fused-ring (bicyclic) bond motifs is 10. The third kappa shape index (κ3) is 8.80. The van der Waals surface area contributed by atoms with Crippen LogP contribution in [-0.2, 0) is 10.8 Å². The van der Waals surface area contributed by atoms with Gasteiger partial charge in [0.05, 0.1) is 11.0 Å². The van der Waals surface area contributed by atoms with Gasteiger partial charge in [-0.05, 0) is 183 Å². The Balaban J connectivity index is 1.28. The second kappa shape index (κ2) is 20.2. The third-order valence-electron chi connectivity index (χ3n) is 19.6. The molecule has 0 N–H and O–H groups in total. The van der Waals surface area contributed by atoms with Gasteiger partial charge in [-0.25, -0.2) is 0 Å². The minimum absolute atomic E-state index is 0.0379. The maximum atomic E-state index is 2.74. The van der Waals surface area contributed by atoms with Gasteiger partial charge in [0.25, 0.3) is 0 Å². The maximum absolute atomic E-state index is 2.74. The monoisotopic (exact) mass is 1100 g/mol. The van der Waals surface area contributed by atoms with E-state index in [1.54, 1.807) is 0 Å². The first-order valence-corrected chi connectivity index (χ1v) is 31.8. The van der Waals surface area contributed by atoms with E-state index >= 15 is 0 Å². The molecule has 0 radical (unpaired) electrons. The molecule has 0 atom stereocenters. The summed E-state index contributed by atoms with van der Waals surface area (Å²) < 4.78 is 5.47. The molecule has 2 nitrogen and oxygen atoms in total. The highest BCUT2D eigenvalue weighted by molar-refractivity contribution is 7.00. The number of benzene rings is 9. The van der Waals surface area contributed by atoms with Gasteiger partial charge >= 0.3 is 0 Å². The normalized spacial score (nSPS) is 13.5. The van der Waals surface area contributed by atoms with E-state index in [0.29, 0.717) is 35.5 Å². The van der Waals surface area contributed by atoms with Gasteiger partial charge in [-0.2, -0.15) is 0 Å². The zero-order chi connectivity index (χ0) is 59.3. The minimum Gasteiger partial charge on any atom is -0.310 e. The van der Waals surface area contributed by atoms with E-state index in [2.05, 4.69) is 291 Å². The second-order valence-electron chi connectivity index (χ2n) is 29.3. The summed E-state index contributed by atoms with van der Waals surface area (Å²) >= 11 is 0. The van der Waals surface area contributed by atoms with Crippen molar-refractivity contribution in [2.24, 2.45) is 0 Å². The number of hydrogen-bond donors (Lipinski definition) is 0. The smallest absolute Gasteiger partial charge is 0.247 e. The van der Waals surface area contributed by atoms with Gasteiger partial charge < -0.3 is 9.13 Å². The summed E-state index contributed by atoms with van der Waals surface area (Å²) in [7, 11) is 0. The standard InChI is InChI=1S/C80H86B2N2/c1-45(2)53-33-59(47(5)6)75(60(34-53)48(7)8)81-67-43-74-68(44-73(67)83-71-31-29-57(79(13,14)15)41-63(71)65-37-55(39-69(81)77(65)83)51-25-21-19-22-26-51)82(76-61(49(9)10)35-54(46(3)4)36-62(76)50(11)12)70-40-56(52-27-23-20-24-28-52)38-66-64-42-58(80(16,17)18)30-32-72(64)84(74)78(66)70/h19-50H,1-18H3. The molecule has 84 heavy (non-hydrogen) atoms. The van der Waals surface area contributed by atoms with E-state index in [4.69, 9.17) is 0 Å². The number of aromatic nitrogens is 2. The molecule has 0 fully saturated rings. The molecule has 0 bridgehead atoms. The van der Waals surface area contributed by atoms with Crippen molar-refractivity contribution in [1.29, 1.82) is 0 Å². The highest BCUT2D eigenvalue weighted by Gasteiger charge is 2.43. The van der Waals surface area contributed by atoms with Crippen molar-refractivity contribution in [2.45, 2.75) is 171 Å². The molecule has 4 heterocycles. The van der Waals surface area contributed by atoms with Gasteiger partial charge in [0.15, 0.2) is 0 Å². The van der Waals surface area contributed by atoms with Gasteiger partial charge in [0.2, 0.25) is 13.4 Å². The van der Waals surface area contributed by atoms with Gasteiger partial charge in [-0.15, -0.1) is 0 Å². The third-order valence-corrected chi connectivity index (χ3v) is 19.6. The average molecular weight is 1100 g/mol. The van der Waals surface area contributed by atoms with Crippen LogP contribution >= 0.6 is 0 Å². The Hall–Kier alpha value is -7.29. The van der Waals surface area contributed by atoms with Crippen LogP contribution in [0.3, 0.4) is 0 Å². The van der Waals surface area contributed by atoms with Crippen molar-refractivity contribution in [1.82, 2.24) is 9.13 Å². The lowest BCUT2D eigenvalue weighted by Crippen LogP contribution is -2.61. The molecular formula is C80H86B2N2. The summed E-state index contributed by atoms with van der Waals surface area (Å²) in [6.45, 7) is 43.0. The van der Waals surface area contributed by atoms with Gasteiger partial charge in [-0.1, -0.05) is 245 Å². The van der Waals surface area contributed by atoms with Crippen molar-refractivity contribution in [3.05, 3.63) is 202 Å². The summed E-state index contributed by atoms with van der Waals surface area (Å²) in [6.07, 6.45) is 0. The zero-order valence-electron chi connectivity index (χ0n) is 53.5. The second-order valence-corrected chi connectivity index (χ2v) is 29.3. The summed E-state index contributed by atoms with van der Waals surface area (Å²) in [6, 6.07) is 63.4. The average Bonchev–Trinajstić information content (AvgIpc) is 2.00. The Kier molecular flexibility index (Phi) is 13.4. The van der Waals surface area contributed by atoms with Crippen LogP contribution in [0.5, 0.6) is 0 Å². The number of nitrogens with zero attached hydrogens (tertiary/aromatic N) is 2. The molecule has 2 aliphatic heterocycles. The minimum atomic E-state index is -0.0701. The molecule has 11 aromatic rings. The van der Waals surface area contributed by atoms with Crippen molar-refractivity contribution in [3.63, 3.8) is 0 Å². The Morgan fingerprint density at radius 2 is 0.643 bits per heavy atom. The van der Waals surface area contributed by atoms with Crippen LogP contribution in [0.25, 0.3) is 77.2 Å². The SMILES string of the molecule is CC(C)c1cc(C(C)C)c(B2c3cc4c(cc3-n3c5ccc(C(C)(C)C)cc5c5cc(-c6ccccc6)cc2c53)B(c2c(C(C)C)cc(C(C)C)cc2C(C)C)c2cc(-c3ccccc3)cc3c5cc(C(C)(C)C)ccc5n-4c23)c(C(C)C)c1. The molecule has 0 aliphatic carbocycles. The van der Waals surface area contributed by atoms with Crippen molar-refractivity contribution < 1.29 is 0 Å². The predicted octanol–water partition coefficient (Wildman–Crippen LogP) is 18.2. The lowest BCUT2D eigenvalue weighted by Gasteiger charge is -2.36. The molecule has 0 spiro atoms. The molecule has 9 aromatic carbocycles. The Labute approximate surface area is 502 Å². The van der Waals surface area contributed by atoms with Gasteiger partial charge in [0.1, 0.15) is 0 Å². The van der Waals surface area contributed by atoms with E-state index < -0.39 is 0 Å². The molecular weight excluding hydrogens is 1010 g/mol. The van der Waals surface area contributed by atoms with E-state index in [1.165, 1.54) is 155 Å². The summed E-state index contributed by atoms with van der Waals surface area (Å²) in [5, 5.41) is 5.29. The quantitative estimate of drug-likeness (QED) is 0.121. The van der Waals surface area contributed by atoms with Crippen molar-refractivity contribution >= 4 is 89.8 Å². The Morgan fingerprint density at radius 3 is 0.940 bits per heavy atom. The number of hydrogen-bond acceptors (Lipinski definition) is 0. The summed E-state index contributed by atoms with van der Waals surface area (Å²) in [5.74, 6) is 1.98. The van der Waals surface area contributed by atoms with Crippen molar-refractivity contribution in [2.75, 3.05) is 0 Å². The zero-order valence-corrected chi connectivity index (χ0v) is 53.5. The lowest BCUT2D eigenvalue weighted by atomic mass is 9.31. The highest BCUT2D eigenvalue weighted by atomic mass is 15.0. The molecule has 0 saturated carbocycles. The number of rotatable bonds is 10. The molecule has 422 valence electrons. The van der Waals surface area contributed by atoms with Crippen LogP contribution in [-0.4, -0.2) is 22.6 Å². The van der Waals surface area contributed by atoms with Gasteiger partial charge in [-0.3, -0.25) is 0 Å². The molecule has 0 amide bonds. The summed E-state index contributed by atoms with van der Waals surface area (Å²) in [4.78, 5) is 0. The molecule has 2 aliphatic rings. The van der Waals surface area contributed by atoms with Crippen LogP contribution in [0, 0.1) is 0 Å². The highest BCUT2D eigenvalue weighted by Crippen LogP contribution is 2.43. The first-order chi connectivity index (χ1) is 39.9. The first kappa shape index (κ1) is 55.9. The molecule has 13 rings (SSSR count). The topological polar surface area (TPSA) is 9.86 Å². The molecule has 2 aromatic heterocycles. The van der Waals surface area contributed by atoms with Crippen LogP contribution in [0.15, 0.2) is 158 Å². The van der Waals surface area contributed by atoms with Crippen LogP contribution < -0.4 is 32.8 Å². The van der Waals surface area contributed by atoms with Crippen LogP contribution in [0.1, 0.15) is 205 Å². The van der Waals surface area contributed by atoms with E-state index in [-0.39, 0.29) is 24.3 Å². The van der Waals surface area contributed by atoms with Crippen LogP contribution in [0.4, 0.5) is 0 Å². The lowest BCUT2D eigenvalue weighted by molar-refractivity contribution is 0.591. The fourth-order valence-electron chi connectivity index (χ4n) is 14.9. The predicted molar refractivity (Wildman–Crippen MR) is 370 cm³/mol. The van der Waals surface area contributed by atoms with Crippen LogP contribution in [0.2, 0.25) is 0 Å². The largest absolute Gasteiger partial charge is 0.310 e. The van der Waals surface area contributed by atoms with E-state index in [0.717, 1.165) is 0 Å². The summed E-state index contributed by atoms with van der Waals surface area (Å²) in [5.41, 5.74) is 32.6. The molecule has 4 heteroatoms. The fraction of sp³-hybridized carbons (Fsp3) is 0.325. The maximum Gasteiger partial charge on any atom is 0.247 e. The van der Waals surface area contributed by atoms with Crippen molar-refractivity contribution in [3.8, 4) is 33.6 Å².